The molecule has 0 radical (unpaired) electrons. The Morgan fingerprint density at radius 3 is 2.12 bits per heavy atom. The monoisotopic (exact) mass is 248 g/mol. The quantitative estimate of drug-likeness (QED) is 0.814. The predicted octanol–water partition coefficient (Wildman–Crippen LogP) is 1.95. The molecule has 0 aliphatic carbocycles. The maximum atomic E-state index is 12.1. The van der Waals surface area contributed by atoms with Crippen LogP contribution in [0, 0.1) is 0 Å². The molecular formula is C13H16N2OS. The van der Waals surface area contributed by atoms with E-state index in [1.165, 1.54) is 6.42 Å². The molecule has 1 fully saturated rings. The minimum Gasteiger partial charge on any atom is -0.389 e. The fraction of sp³-hybridized carbons (Fsp3) is 0.385. The van der Waals surface area contributed by atoms with Crippen molar-refractivity contribution in [3.8, 4) is 0 Å². The van der Waals surface area contributed by atoms with Crippen molar-refractivity contribution in [2.45, 2.75) is 19.3 Å². The summed E-state index contributed by atoms with van der Waals surface area (Å²) in [5.74, 6) is 0.110. The molecular weight excluding hydrogens is 232 g/mol. The van der Waals surface area contributed by atoms with E-state index in [4.69, 9.17) is 18.0 Å². The Morgan fingerprint density at radius 2 is 1.59 bits per heavy atom. The molecule has 1 saturated heterocycles. The lowest BCUT2D eigenvalue weighted by Gasteiger charge is -2.26. The highest BCUT2D eigenvalue weighted by Gasteiger charge is 2.17. The molecule has 0 unspecified atom stereocenters. The van der Waals surface area contributed by atoms with Crippen molar-refractivity contribution in [1.29, 1.82) is 0 Å². The van der Waals surface area contributed by atoms with Crippen LogP contribution < -0.4 is 5.73 Å². The van der Waals surface area contributed by atoms with Crippen molar-refractivity contribution in [1.82, 2.24) is 4.90 Å². The predicted molar refractivity (Wildman–Crippen MR) is 72.1 cm³/mol. The number of hydrogen-bond donors (Lipinski definition) is 1. The molecule has 1 aliphatic rings. The third-order valence-corrected chi connectivity index (χ3v) is 3.30. The Morgan fingerprint density at radius 1 is 1.06 bits per heavy atom. The van der Waals surface area contributed by atoms with Crippen LogP contribution in [0.25, 0.3) is 0 Å². The van der Waals surface area contributed by atoms with Gasteiger partial charge in [-0.1, -0.05) is 24.4 Å². The first-order chi connectivity index (χ1) is 8.18. The van der Waals surface area contributed by atoms with Gasteiger partial charge < -0.3 is 10.6 Å². The lowest BCUT2D eigenvalue weighted by Crippen LogP contribution is -2.35. The van der Waals surface area contributed by atoms with Gasteiger partial charge in [0.05, 0.1) is 0 Å². The van der Waals surface area contributed by atoms with Crippen molar-refractivity contribution in [2.75, 3.05) is 13.1 Å². The van der Waals surface area contributed by atoms with E-state index in [-0.39, 0.29) is 5.91 Å². The second-order valence-electron chi connectivity index (χ2n) is 4.29. The molecule has 1 amide bonds. The summed E-state index contributed by atoms with van der Waals surface area (Å²) >= 11 is 4.88. The van der Waals surface area contributed by atoms with Gasteiger partial charge in [0.15, 0.2) is 0 Å². The van der Waals surface area contributed by atoms with E-state index < -0.39 is 0 Å². The molecule has 4 heteroatoms. The number of rotatable bonds is 2. The van der Waals surface area contributed by atoms with E-state index in [1.54, 1.807) is 24.3 Å². The number of amides is 1. The third kappa shape index (κ3) is 2.82. The van der Waals surface area contributed by atoms with Gasteiger partial charge in [-0.25, -0.2) is 0 Å². The number of piperidine rings is 1. The summed E-state index contributed by atoms with van der Waals surface area (Å²) in [5, 5.41) is 0. The average molecular weight is 248 g/mol. The zero-order valence-corrected chi connectivity index (χ0v) is 10.5. The highest BCUT2D eigenvalue weighted by molar-refractivity contribution is 7.80. The molecule has 0 bridgehead atoms. The molecule has 0 saturated carbocycles. The largest absolute Gasteiger partial charge is 0.389 e. The molecule has 3 nitrogen and oxygen atoms in total. The minimum atomic E-state index is 0.110. The molecule has 1 aliphatic heterocycles. The van der Waals surface area contributed by atoms with Crippen LogP contribution in [0.4, 0.5) is 0 Å². The summed E-state index contributed by atoms with van der Waals surface area (Å²) in [4.78, 5) is 14.4. The molecule has 90 valence electrons. The fourth-order valence-electron chi connectivity index (χ4n) is 2.06. The van der Waals surface area contributed by atoms with Gasteiger partial charge in [-0.2, -0.15) is 0 Å². The van der Waals surface area contributed by atoms with Crippen LogP contribution in [0.3, 0.4) is 0 Å². The maximum absolute atomic E-state index is 12.1. The van der Waals surface area contributed by atoms with Crippen LogP contribution in [0.5, 0.6) is 0 Å². The topological polar surface area (TPSA) is 46.3 Å². The molecule has 1 aromatic rings. The summed E-state index contributed by atoms with van der Waals surface area (Å²) in [6, 6.07) is 7.20. The number of nitrogens with zero attached hydrogens (tertiary/aromatic N) is 1. The zero-order chi connectivity index (χ0) is 12.3. The summed E-state index contributed by atoms with van der Waals surface area (Å²) in [6.45, 7) is 1.74. The van der Waals surface area contributed by atoms with Crippen molar-refractivity contribution >= 4 is 23.1 Å². The molecule has 2 N–H and O–H groups in total. The van der Waals surface area contributed by atoms with E-state index in [0.29, 0.717) is 10.6 Å². The van der Waals surface area contributed by atoms with E-state index in [0.717, 1.165) is 31.5 Å². The van der Waals surface area contributed by atoms with Crippen LogP contribution >= 0.6 is 12.2 Å². The van der Waals surface area contributed by atoms with Crippen molar-refractivity contribution in [3.05, 3.63) is 35.4 Å². The standard InChI is InChI=1S/C13H16N2OS/c14-12(17)10-4-6-11(7-5-10)13(16)15-8-2-1-3-9-15/h4-7H,1-3,8-9H2,(H2,14,17). The Bertz CT molecular complexity index is 422. The molecule has 0 atom stereocenters. The van der Waals surface area contributed by atoms with Gasteiger partial charge in [-0.3, -0.25) is 4.79 Å². The van der Waals surface area contributed by atoms with Gasteiger partial charge in [-0.15, -0.1) is 0 Å². The highest BCUT2D eigenvalue weighted by Crippen LogP contribution is 2.13. The Labute approximate surface area is 107 Å². The molecule has 1 aromatic carbocycles. The van der Waals surface area contributed by atoms with Gasteiger partial charge in [-0.05, 0) is 31.4 Å². The van der Waals surface area contributed by atoms with Crippen LogP contribution in [-0.2, 0) is 0 Å². The lowest BCUT2D eigenvalue weighted by molar-refractivity contribution is 0.0724. The van der Waals surface area contributed by atoms with Crippen molar-refractivity contribution in [3.63, 3.8) is 0 Å². The summed E-state index contributed by atoms with van der Waals surface area (Å²) < 4.78 is 0. The molecule has 17 heavy (non-hydrogen) atoms. The van der Waals surface area contributed by atoms with Crippen LogP contribution in [-0.4, -0.2) is 28.9 Å². The Hall–Kier alpha value is -1.42. The second kappa shape index (κ2) is 5.27. The fourth-order valence-corrected chi connectivity index (χ4v) is 2.19. The highest BCUT2D eigenvalue weighted by atomic mass is 32.1. The third-order valence-electron chi connectivity index (χ3n) is 3.06. The maximum Gasteiger partial charge on any atom is 0.253 e. The van der Waals surface area contributed by atoms with Crippen LogP contribution in [0.15, 0.2) is 24.3 Å². The average Bonchev–Trinajstić information content (AvgIpc) is 2.39. The zero-order valence-electron chi connectivity index (χ0n) is 9.69. The number of nitrogens with two attached hydrogens (primary N) is 1. The number of carbonyl (C=O) groups is 1. The van der Waals surface area contributed by atoms with E-state index in [9.17, 15) is 4.79 Å². The summed E-state index contributed by atoms with van der Waals surface area (Å²) in [7, 11) is 0. The normalized spacial score (nSPS) is 15.6. The van der Waals surface area contributed by atoms with E-state index in [1.807, 2.05) is 4.90 Å². The van der Waals surface area contributed by atoms with Crippen LogP contribution in [0.1, 0.15) is 35.2 Å². The van der Waals surface area contributed by atoms with Gasteiger partial charge in [0.25, 0.3) is 5.91 Å². The first-order valence-corrected chi connectivity index (χ1v) is 6.28. The van der Waals surface area contributed by atoms with Crippen molar-refractivity contribution in [2.24, 2.45) is 5.73 Å². The lowest BCUT2D eigenvalue weighted by atomic mass is 10.1. The summed E-state index contributed by atoms with van der Waals surface area (Å²) in [5.41, 5.74) is 7.03. The molecule has 1 heterocycles. The van der Waals surface area contributed by atoms with Gasteiger partial charge >= 0.3 is 0 Å². The van der Waals surface area contributed by atoms with Gasteiger partial charge in [0.2, 0.25) is 0 Å². The van der Waals surface area contributed by atoms with Crippen LogP contribution in [0.2, 0.25) is 0 Å². The first kappa shape index (κ1) is 12.0. The smallest absolute Gasteiger partial charge is 0.253 e. The number of thiocarbonyl (C=S) groups is 1. The van der Waals surface area contributed by atoms with E-state index in [2.05, 4.69) is 0 Å². The minimum absolute atomic E-state index is 0.110. The van der Waals surface area contributed by atoms with Gasteiger partial charge in [0.1, 0.15) is 4.99 Å². The number of likely N-dealkylation sites (tertiary alicyclic amines) is 1. The first-order valence-electron chi connectivity index (χ1n) is 5.87. The summed E-state index contributed by atoms with van der Waals surface area (Å²) in [6.07, 6.45) is 3.44. The van der Waals surface area contributed by atoms with Gasteiger partial charge in [0, 0.05) is 24.2 Å². The molecule has 2 rings (SSSR count). The molecule has 0 aromatic heterocycles. The van der Waals surface area contributed by atoms with Crippen molar-refractivity contribution < 1.29 is 4.79 Å². The Balaban J connectivity index is 2.10. The number of hydrogen-bond acceptors (Lipinski definition) is 2. The molecule has 0 spiro atoms. The number of benzene rings is 1. The SMILES string of the molecule is NC(=S)c1ccc(C(=O)N2CCCCC2)cc1. The number of carbonyl (C=O) groups excluding carboxylic acids is 1. The van der Waals surface area contributed by atoms with E-state index >= 15 is 0 Å². The Kier molecular flexibility index (Phi) is 3.74. The second-order valence-corrected chi connectivity index (χ2v) is 4.73.